The van der Waals surface area contributed by atoms with E-state index in [1.807, 2.05) is 0 Å². The lowest BCUT2D eigenvalue weighted by Gasteiger charge is -2.34. The average molecular weight is 270 g/mol. The molecule has 0 saturated heterocycles. The van der Waals surface area contributed by atoms with Gasteiger partial charge in [0.1, 0.15) is 0 Å². The number of hydrogen-bond acceptors (Lipinski definition) is 3. The molecule has 0 bridgehead atoms. The summed E-state index contributed by atoms with van der Waals surface area (Å²) in [5, 5.41) is 19.2. The number of carbonyl (C=O) groups excluding carboxylic acids is 1. The molecule has 98 valence electrons. The Labute approximate surface area is 111 Å². The molecule has 0 heterocycles. The first-order valence-electron chi connectivity index (χ1n) is 5.89. The topological polar surface area (TPSA) is 60.8 Å². The zero-order chi connectivity index (χ0) is 13.3. The van der Waals surface area contributed by atoms with E-state index in [1.165, 1.54) is 18.2 Å². The van der Waals surface area contributed by atoms with Crippen LogP contribution in [-0.2, 0) is 0 Å². The first-order valence-corrected chi connectivity index (χ1v) is 6.33. The van der Waals surface area contributed by atoms with Crippen molar-refractivity contribution in [3.8, 4) is 11.5 Å². The zero-order valence-electron chi connectivity index (χ0n) is 10.1. The summed E-state index contributed by atoms with van der Waals surface area (Å²) in [4.78, 5) is 13.7. The van der Waals surface area contributed by atoms with Crippen LogP contribution in [0.2, 0.25) is 0 Å². The number of aromatic hydroxyl groups is 2. The van der Waals surface area contributed by atoms with E-state index in [0.29, 0.717) is 12.5 Å². The Morgan fingerprint density at radius 3 is 2.72 bits per heavy atom. The fraction of sp³-hybridized carbons (Fsp3) is 0.462. The molecule has 2 rings (SSSR count). The van der Waals surface area contributed by atoms with Gasteiger partial charge >= 0.3 is 0 Å². The largest absolute Gasteiger partial charge is 0.504 e. The normalized spacial score (nSPS) is 22.3. The van der Waals surface area contributed by atoms with E-state index >= 15 is 0 Å². The molecule has 1 amide bonds. The summed E-state index contributed by atoms with van der Waals surface area (Å²) >= 11 is 5.89. The van der Waals surface area contributed by atoms with Gasteiger partial charge in [-0.25, -0.2) is 0 Å². The molecule has 2 N–H and O–H groups in total. The van der Waals surface area contributed by atoms with Gasteiger partial charge in [0, 0.05) is 19.0 Å². The minimum Gasteiger partial charge on any atom is -0.504 e. The molecule has 1 aliphatic rings. The molecule has 1 aromatic rings. The highest BCUT2D eigenvalue weighted by Crippen LogP contribution is 2.33. The number of para-hydroxylation sites is 1. The summed E-state index contributed by atoms with van der Waals surface area (Å²) < 4.78 is 0. The van der Waals surface area contributed by atoms with Crippen LogP contribution in [0.3, 0.4) is 0 Å². The van der Waals surface area contributed by atoms with Gasteiger partial charge in [-0.2, -0.15) is 0 Å². The molecule has 4 nitrogen and oxygen atoms in total. The number of benzene rings is 1. The van der Waals surface area contributed by atoms with Crippen LogP contribution in [0.5, 0.6) is 11.5 Å². The predicted molar refractivity (Wildman–Crippen MR) is 69.1 cm³/mol. The molecule has 0 spiro atoms. The number of alkyl halides is 1. The van der Waals surface area contributed by atoms with Crippen molar-refractivity contribution >= 4 is 17.5 Å². The highest BCUT2D eigenvalue weighted by molar-refractivity contribution is 6.21. The van der Waals surface area contributed by atoms with Crippen molar-refractivity contribution in [2.24, 2.45) is 5.92 Å². The maximum atomic E-state index is 12.1. The molecule has 1 fully saturated rings. The van der Waals surface area contributed by atoms with E-state index in [4.69, 9.17) is 11.6 Å². The molecule has 0 aromatic heterocycles. The standard InChI is InChI=1S/C13H16ClNO3/c1-15(7-8-5-9(14)6-8)13(18)10-3-2-4-11(16)12(10)17/h2-4,8-9,16-17H,5-7H2,1H3. The number of phenolic OH excluding ortho intramolecular Hbond substituents is 2. The van der Waals surface area contributed by atoms with Gasteiger partial charge in [0.15, 0.2) is 11.5 Å². The van der Waals surface area contributed by atoms with Gasteiger partial charge < -0.3 is 15.1 Å². The molecule has 0 aliphatic heterocycles. The van der Waals surface area contributed by atoms with Crippen molar-refractivity contribution in [2.45, 2.75) is 18.2 Å². The molecule has 18 heavy (non-hydrogen) atoms. The number of phenols is 2. The molecular weight excluding hydrogens is 254 g/mol. The van der Waals surface area contributed by atoms with Crippen molar-refractivity contribution in [3.63, 3.8) is 0 Å². The Kier molecular flexibility index (Phi) is 3.66. The van der Waals surface area contributed by atoms with E-state index in [9.17, 15) is 15.0 Å². The van der Waals surface area contributed by atoms with Gasteiger partial charge in [0.05, 0.1) is 5.56 Å². The molecule has 0 atom stereocenters. The van der Waals surface area contributed by atoms with E-state index in [0.717, 1.165) is 12.8 Å². The summed E-state index contributed by atoms with van der Waals surface area (Å²) in [5.41, 5.74) is 0.124. The van der Waals surface area contributed by atoms with E-state index in [-0.39, 0.29) is 28.3 Å². The third-order valence-corrected chi connectivity index (χ3v) is 3.66. The minimum atomic E-state index is -0.363. The van der Waals surface area contributed by atoms with Crippen LogP contribution in [0, 0.1) is 5.92 Å². The highest BCUT2D eigenvalue weighted by Gasteiger charge is 2.29. The lowest BCUT2D eigenvalue weighted by Crippen LogP contribution is -2.37. The van der Waals surface area contributed by atoms with Crippen LogP contribution in [0.1, 0.15) is 23.2 Å². The summed E-state index contributed by atoms with van der Waals surface area (Å²) in [6.07, 6.45) is 1.84. The molecule has 1 aliphatic carbocycles. The maximum Gasteiger partial charge on any atom is 0.257 e. The van der Waals surface area contributed by atoms with Gasteiger partial charge in [-0.3, -0.25) is 4.79 Å². The first kappa shape index (κ1) is 13.0. The van der Waals surface area contributed by atoms with Crippen molar-refractivity contribution in [1.82, 2.24) is 4.90 Å². The van der Waals surface area contributed by atoms with Crippen molar-refractivity contribution in [2.75, 3.05) is 13.6 Å². The molecular formula is C13H16ClNO3. The average Bonchev–Trinajstić information content (AvgIpc) is 2.30. The van der Waals surface area contributed by atoms with E-state index in [1.54, 1.807) is 11.9 Å². The molecule has 0 radical (unpaired) electrons. The number of nitrogens with zero attached hydrogens (tertiary/aromatic N) is 1. The van der Waals surface area contributed by atoms with Crippen LogP contribution >= 0.6 is 11.6 Å². The summed E-state index contributed by atoms with van der Waals surface area (Å²) in [7, 11) is 1.69. The number of halogens is 1. The van der Waals surface area contributed by atoms with Gasteiger partial charge in [0.25, 0.3) is 5.91 Å². The third-order valence-electron chi connectivity index (χ3n) is 3.30. The second-order valence-electron chi connectivity index (χ2n) is 4.79. The Bertz CT molecular complexity index is 458. The Balaban J connectivity index is 2.04. The van der Waals surface area contributed by atoms with Crippen LogP contribution < -0.4 is 0 Å². The van der Waals surface area contributed by atoms with Crippen LogP contribution in [0.15, 0.2) is 18.2 Å². The number of hydrogen-bond donors (Lipinski definition) is 2. The van der Waals surface area contributed by atoms with Crippen molar-refractivity contribution in [3.05, 3.63) is 23.8 Å². The Morgan fingerprint density at radius 1 is 1.44 bits per heavy atom. The lowest BCUT2D eigenvalue weighted by atomic mass is 9.84. The van der Waals surface area contributed by atoms with Crippen LogP contribution in [0.4, 0.5) is 0 Å². The Morgan fingerprint density at radius 2 is 2.11 bits per heavy atom. The molecule has 1 aromatic carbocycles. The fourth-order valence-corrected chi connectivity index (χ4v) is 2.69. The monoisotopic (exact) mass is 269 g/mol. The van der Waals surface area contributed by atoms with E-state index < -0.39 is 0 Å². The van der Waals surface area contributed by atoms with Crippen molar-refractivity contribution in [1.29, 1.82) is 0 Å². The second-order valence-corrected chi connectivity index (χ2v) is 5.41. The second kappa shape index (κ2) is 5.06. The highest BCUT2D eigenvalue weighted by atomic mass is 35.5. The number of carbonyl (C=O) groups is 1. The van der Waals surface area contributed by atoms with Gasteiger partial charge in [-0.05, 0) is 30.9 Å². The van der Waals surface area contributed by atoms with Crippen molar-refractivity contribution < 1.29 is 15.0 Å². The summed E-state index contributed by atoms with van der Waals surface area (Å²) in [6.45, 7) is 0.622. The first-order chi connectivity index (χ1) is 8.49. The summed E-state index contributed by atoms with van der Waals surface area (Å²) in [5.74, 6) is -0.501. The SMILES string of the molecule is CN(CC1CC(Cl)C1)C(=O)c1cccc(O)c1O. The van der Waals surface area contributed by atoms with Crippen LogP contribution in [0.25, 0.3) is 0 Å². The quantitative estimate of drug-likeness (QED) is 0.653. The van der Waals surface area contributed by atoms with E-state index in [2.05, 4.69) is 0 Å². The molecule has 5 heteroatoms. The Hall–Kier alpha value is -1.42. The van der Waals surface area contributed by atoms with Gasteiger partial charge in [-0.1, -0.05) is 6.07 Å². The van der Waals surface area contributed by atoms with Gasteiger partial charge in [0.2, 0.25) is 0 Å². The fourth-order valence-electron chi connectivity index (χ4n) is 2.18. The molecule has 1 saturated carbocycles. The minimum absolute atomic E-state index is 0.124. The zero-order valence-corrected chi connectivity index (χ0v) is 10.9. The maximum absolute atomic E-state index is 12.1. The lowest BCUT2D eigenvalue weighted by molar-refractivity contribution is 0.0743. The number of rotatable bonds is 3. The summed E-state index contributed by atoms with van der Waals surface area (Å²) in [6, 6.07) is 4.38. The van der Waals surface area contributed by atoms with Gasteiger partial charge in [-0.15, -0.1) is 11.6 Å². The smallest absolute Gasteiger partial charge is 0.257 e. The number of amides is 1. The van der Waals surface area contributed by atoms with Crippen LogP contribution in [-0.4, -0.2) is 40.0 Å². The predicted octanol–water partition coefficient (Wildman–Crippen LogP) is 2.19. The molecule has 0 unspecified atom stereocenters. The third kappa shape index (κ3) is 2.53.